The summed E-state index contributed by atoms with van der Waals surface area (Å²) < 4.78 is 5.77. The molecule has 0 aliphatic heterocycles. The average Bonchev–Trinajstić information content (AvgIpc) is 2.38. The summed E-state index contributed by atoms with van der Waals surface area (Å²) in [7, 11) is 0. The lowest BCUT2D eigenvalue weighted by Crippen LogP contribution is -2.15. The zero-order chi connectivity index (χ0) is 12.1. The first-order chi connectivity index (χ1) is 8.25. The fourth-order valence-corrected chi connectivity index (χ4v) is 2.35. The largest absolute Gasteiger partial charge is 0.493 e. The maximum atomic E-state index is 11.1. The van der Waals surface area contributed by atoms with Crippen molar-refractivity contribution < 1.29 is 9.53 Å². The Kier molecular flexibility index (Phi) is 4.18. The molecule has 1 fully saturated rings. The molecule has 2 rings (SSSR count). The van der Waals surface area contributed by atoms with Gasteiger partial charge in [0.05, 0.1) is 6.61 Å². The molecule has 0 radical (unpaired) electrons. The fourth-order valence-electron chi connectivity index (χ4n) is 2.35. The molecule has 1 aromatic carbocycles. The molecule has 0 atom stereocenters. The Labute approximate surface area is 103 Å². The Morgan fingerprint density at radius 2 is 1.82 bits per heavy atom. The number of ketones is 1. The van der Waals surface area contributed by atoms with Crippen LogP contribution in [0.1, 0.15) is 49.4 Å². The SMILES string of the molecule is CC(=O)c1ccc(OCC2CCCCC2)cc1. The van der Waals surface area contributed by atoms with E-state index in [1.54, 1.807) is 6.92 Å². The van der Waals surface area contributed by atoms with Gasteiger partial charge in [-0.3, -0.25) is 4.79 Å². The summed E-state index contributed by atoms with van der Waals surface area (Å²) in [5.74, 6) is 1.70. The number of Topliss-reactive ketones (excluding diaryl/α,β-unsaturated/α-hetero) is 1. The molecule has 0 unspecified atom stereocenters. The van der Waals surface area contributed by atoms with E-state index in [0.717, 1.165) is 23.8 Å². The number of hydrogen-bond acceptors (Lipinski definition) is 2. The Bertz CT molecular complexity index is 361. The van der Waals surface area contributed by atoms with Gasteiger partial charge in [0.1, 0.15) is 5.75 Å². The molecule has 1 aromatic rings. The van der Waals surface area contributed by atoms with Crippen LogP contribution in [0, 0.1) is 5.92 Å². The molecule has 1 aliphatic carbocycles. The Morgan fingerprint density at radius 1 is 1.18 bits per heavy atom. The van der Waals surface area contributed by atoms with Crippen LogP contribution in [0.3, 0.4) is 0 Å². The van der Waals surface area contributed by atoms with Crippen molar-refractivity contribution in [2.45, 2.75) is 39.0 Å². The molecule has 92 valence electrons. The zero-order valence-corrected chi connectivity index (χ0v) is 10.4. The van der Waals surface area contributed by atoms with Gasteiger partial charge in [-0.15, -0.1) is 0 Å². The number of benzene rings is 1. The van der Waals surface area contributed by atoms with Crippen LogP contribution in [0.2, 0.25) is 0 Å². The van der Waals surface area contributed by atoms with Crippen molar-refractivity contribution in [1.82, 2.24) is 0 Å². The van der Waals surface area contributed by atoms with Crippen LogP contribution < -0.4 is 4.74 Å². The standard InChI is InChI=1S/C15H20O2/c1-12(16)14-7-9-15(10-8-14)17-11-13-5-3-2-4-6-13/h7-10,13H,2-6,11H2,1H3. The predicted octanol–water partition coefficient (Wildman–Crippen LogP) is 3.85. The number of carbonyl (C=O) groups is 1. The number of ether oxygens (including phenoxy) is 1. The van der Waals surface area contributed by atoms with E-state index in [4.69, 9.17) is 4.74 Å². The van der Waals surface area contributed by atoms with Crippen LogP contribution in [-0.2, 0) is 0 Å². The van der Waals surface area contributed by atoms with Crippen LogP contribution >= 0.6 is 0 Å². The third-order valence-electron chi connectivity index (χ3n) is 3.47. The van der Waals surface area contributed by atoms with Crippen LogP contribution in [-0.4, -0.2) is 12.4 Å². The van der Waals surface area contributed by atoms with Gasteiger partial charge in [-0.1, -0.05) is 19.3 Å². The molecular formula is C15H20O2. The predicted molar refractivity (Wildman–Crippen MR) is 68.5 cm³/mol. The first-order valence-corrected chi connectivity index (χ1v) is 6.49. The van der Waals surface area contributed by atoms with E-state index in [1.165, 1.54) is 32.1 Å². The van der Waals surface area contributed by atoms with Crippen molar-refractivity contribution in [2.75, 3.05) is 6.61 Å². The molecule has 0 amide bonds. The van der Waals surface area contributed by atoms with Gasteiger partial charge < -0.3 is 4.74 Å². The summed E-state index contributed by atoms with van der Waals surface area (Å²) in [5, 5.41) is 0. The van der Waals surface area contributed by atoms with Crippen molar-refractivity contribution >= 4 is 5.78 Å². The van der Waals surface area contributed by atoms with Gasteiger partial charge in [0.2, 0.25) is 0 Å². The van der Waals surface area contributed by atoms with Crippen LogP contribution in [0.5, 0.6) is 5.75 Å². The lowest BCUT2D eigenvalue weighted by molar-refractivity contribution is 0.101. The molecule has 0 bridgehead atoms. The molecule has 0 heterocycles. The molecular weight excluding hydrogens is 212 g/mol. The summed E-state index contributed by atoms with van der Waals surface area (Å²) >= 11 is 0. The third-order valence-corrected chi connectivity index (χ3v) is 3.47. The number of rotatable bonds is 4. The summed E-state index contributed by atoms with van der Waals surface area (Å²) in [6, 6.07) is 7.44. The lowest BCUT2D eigenvalue weighted by atomic mass is 9.90. The maximum absolute atomic E-state index is 11.1. The van der Waals surface area contributed by atoms with E-state index in [9.17, 15) is 4.79 Å². The average molecular weight is 232 g/mol. The summed E-state index contributed by atoms with van der Waals surface area (Å²) in [6.45, 7) is 2.40. The highest BCUT2D eigenvalue weighted by Crippen LogP contribution is 2.24. The molecule has 2 nitrogen and oxygen atoms in total. The third kappa shape index (κ3) is 3.58. The topological polar surface area (TPSA) is 26.3 Å². The van der Waals surface area contributed by atoms with E-state index in [2.05, 4.69) is 0 Å². The minimum atomic E-state index is 0.101. The summed E-state index contributed by atoms with van der Waals surface area (Å²) in [5.41, 5.74) is 0.745. The first kappa shape index (κ1) is 12.2. The Balaban J connectivity index is 1.84. The highest BCUT2D eigenvalue weighted by atomic mass is 16.5. The minimum Gasteiger partial charge on any atom is -0.493 e. The van der Waals surface area contributed by atoms with Crippen molar-refractivity contribution in [3.8, 4) is 5.75 Å². The van der Waals surface area contributed by atoms with E-state index in [-0.39, 0.29) is 5.78 Å². The second kappa shape index (κ2) is 5.85. The number of carbonyl (C=O) groups excluding carboxylic acids is 1. The number of hydrogen-bond donors (Lipinski definition) is 0. The first-order valence-electron chi connectivity index (χ1n) is 6.49. The molecule has 2 heteroatoms. The normalized spacial score (nSPS) is 16.8. The van der Waals surface area contributed by atoms with Crippen LogP contribution in [0.15, 0.2) is 24.3 Å². The van der Waals surface area contributed by atoms with Crippen LogP contribution in [0.25, 0.3) is 0 Å². The highest BCUT2D eigenvalue weighted by Gasteiger charge is 2.13. The van der Waals surface area contributed by atoms with Crippen molar-refractivity contribution in [3.05, 3.63) is 29.8 Å². The fraction of sp³-hybridized carbons (Fsp3) is 0.533. The van der Waals surface area contributed by atoms with E-state index in [0.29, 0.717) is 0 Å². The molecule has 0 aromatic heterocycles. The van der Waals surface area contributed by atoms with E-state index < -0.39 is 0 Å². The van der Waals surface area contributed by atoms with Gasteiger partial charge in [-0.2, -0.15) is 0 Å². The summed E-state index contributed by atoms with van der Waals surface area (Å²) in [6.07, 6.45) is 6.66. The van der Waals surface area contributed by atoms with Gasteiger partial charge in [0.25, 0.3) is 0 Å². The van der Waals surface area contributed by atoms with E-state index in [1.807, 2.05) is 24.3 Å². The van der Waals surface area contributed by atoms with E-state index >= 15 is 0 Å². The highest BCUT2D eigenvalue weighted by molar-refractivity contribution is 5.94. The van der Waals surface area contributed by atoms with Gasteiger partial charge in [0.15, 0.2) is 5.78 Å². The van der Waals surface area contributed by atoms with Crippen LogP contribution in [0.4, 0.5) is 0 Å². The van der Waals surface area contributed by atoms with Crippen molar-refractivity contribution in [1.29, 1.82) is 0 Å². The van der Waals surface area contributed by atoms with Gasteiger partial charge in [-0.25, -0.2) is 0 Å². The Morgan fingerprint density at radius 3 is 2.41 bits per heavy atom. The summed E-state index contributed by atoms with van der Waals surface area (Å²) in [4.78, 5) is 11.1. The second-order valence-corrected chi connectivity index (χ2v) is 4.90. The molecule has 17 heavy (non-hydrogen) atoms. The molecule has 0 N–H and O–H groups in total. The smallest absolute Gasteiger partial charge is 0.159 e. The zero-order valence-electron chi connectivity index (χ0n) is 10.4. The molecule has 0 saturated heterocycles. The van der Waals surface area contributed by atoms with Gasteiger partial charge in [0, 0.05) is 5.56 Å². The Hall–Kier alpha value is -1.31. The minimum absolute atomic E-state index is 0.101. The molecule has 1 saturated carbocycles. The quantitative estimate of drug-likeness (QED) is 0.737. The molecule has 0 spiro atoms. The lowest BCUT2D eigenvalue weighted by Gasteiger charge is -2.21. The van der Waals surface area contributed by atoms with Gasteiger partial charge in [-0.05, 0) is 49.9 Å². The second-order valence-electron chi connectivity index (χ2n) is 4.90. The van der Waals surface area contributed by atoms with Crippen molar-refractivity contribution in [3.63, 3.8) is 0 Å². The van der Waals surface area contributed by atoms with Crippen molar-refractivity contribution in [2.24, 2.45) is 5.92 Å². The molecule has 1 aliphatic rings. The van der Waals surface area contributed by atoms with Gasteiger partial charge >= 0.3 is 0 Å². The monoisotopic (exact) mass is 232 g/mol. The maximum Gasteiger partial charge on any atom is 0.159 e.